The molecular weight excluding hydrogens is 328 g/mol. The molecule has 0 amide bonds. The molecule has 6 heteroatoms. The first-order valence-electron chi connectivity index (χ1n) is 6.02. The maximum absolute atomic E-state index is 11.7. The van der Waals surface area contributed by atoms with Crippen molar-refractivity contribution in [1.29, 1.82) is 0 Å². The van der Waals surface area contributed by atoms with Gasteiger partial charge in [0.15, 0.2) is 0 Å². The maximum atomic E-state index is 11.7. The molecule has 0 bridgehead atoms. The summed E-state index contributed by atoms with van der Waals surface area (Å²) in [5, 5.41) is 2.91. The number of hydrogen-bond donors (Lipinski definition) is 0. The van der Waals surface area contributed by atoms with Crippen LogP contribution < -0.4 is 5.56 Å². The third-order valence-corrected chi connectivity index (χ3v) is 4.14. The second kappa shape index (κ2) is 6.45. The van der Waals surface area contributed by atoms with Gasteiger partial charge in [-0.2, -0.15) is 0 Å². The molecule has 19 heavy (non-hydrogen) atoms. The number of pyridine rings is 1. The van der Waals surface area contributed by atoms with E-state index in [1.54, 1.807) is 34.2 Å². The second-order valence-corrected chi connectivity index (χ2v) is 5.89. The molecule has 0 aliphatic carbocycles. The number of ether oxygens (including phenoxy) is 1. The number of hydrogen-bond acceptors (Lipinski definition) is 4. The Morgan fingerprint density at radius 1 is 1.53 bits per heavy atom. The van der Waals surface area contributed by atoms with Gasteiger partial charge in [0, 0.05) is 28.7 Å². The van der Waals surface area contributed by atoms with Gasteiger partial charge in [-0.15, -0.1) is 11.3 Å². The van der Waals surface area contributed by atoms with E-state index < -0.39 is 0 Å². The summed E-state index contributed by atoms with van der Waals surface area (Å²) in [5.41, 5.74) is 0.849. The predicted molar refractivity (Wildman–Crippen MR) is 79.7 cm³/mol. The maximum Gasteiger partial charge on any atom is 0.250 e. The van der Waals surface area contributed by atoms with E-state index in [0.29, 0.717) is 13.2 Å². The van der Waals surface area contributed by atoms with Crippen LogP contribution in [0.25, 0.3) is 0 Å². The molecule has 1 atom stereocenters. The molecule has 2 aromatic heterocycles. The summed E-state index contributed by atoms with van der Waals surface area (Å²) in [4.78, 5) is 16.2. The topological polar surface area (TPSA) is 44.1 Å². The van der Waals surface area contributed by atoms with Crippen molar-refractivity contribution in [3.8, 4) is 0 Å². The van der Waals surface area contributed by atoms with Crippen LogP contribution in [0.5, 0.6) is 0 Å². The molecule has 4 nitrogen and oxygen atoms in total. The van der Waals surface area contributed by atoms with Gasteiger partial charge in [-0.1, -0.05) is 0 Å². The Balaban J connectivity index is 2.16. The minimum atomic E-state index is -0.0318. The quantitative estimate of drug-likeness (QED) is 0.837. The monoisotopic (exact) mass is 342 g/mol. The third-order valence-electron chi connectivity index (χ3n) is 2.61. The van der Waals surface area contributed by atoms with Crippen LogP contribution >= 0.6 is 27.3 Å². The lowest BCUT2D eigenvalue weighted by Crippen LogP contribution is -2.19. The van der Waals surface area contributed by atoms with Crippen molar-refractivity contribution in [1.82, 2.24) is 9.55 Å². The first-order chi connectivity index (χ1) is 9.10. The highest BCUT2D eigenvalue weighted by Crippen LogP contribution is 2.21. The summed E-state index contributed by atoms with van der Waals surface area (Å²) in [6.45, 7) is 5.10. The third kappa shape index (κ3) is 3.75. The summed E-state index contributed by atoms with van der Waals surface area (Å²) in [5.74, 6) is 0. The first kappa shape index (κ1) is 14.4. The van der Waals surface area contributed by atoms with Crippen LogP contribution in [-0.2, 0) is 11.3 Å². The highest BCUT2D eigenvalue weighted by atomic mass is 79.9. The minimum absolute atomic E-state index is 0.00276. The van der Waals surface area contributed by atoms with Crippen molar-refractivity contribution in [3.05, 3.63) is 49.2 Å². The number of nitrogens with zero attached hydrogens (tertiary/aromatic N) is 2. The highest BCUT2D eigenvalue weighted by Gasteiger charge is 2.10. The van der Waals surface area contributed by atoms with Gasteiger partial charge in [-0.25, -0.2) is 4.98 Å². The molecule has 0 fully saturated rings. The first-order valence-corrected chi connectivity index (χ1v) is 7.69. The summed E-state index contributed by atoms with van der Waals surface area (Å²) in [6.07, 6.45) is 1.77. The minimum Gasteiger partial charge on any atom is -0.372 e. The zero-order chi connectivity index (χ0) is 13.8. The Hall–Kier alpha value is -0.980. The molecule has 2 heterocycles. The van der Waals surface area contributed by atoms with Gasteiger partial charge < -0.3 is 9.30 Å². The predicted octanol–water partition coefficient (Wildman–Crippen LogP) is 3.21. The second-order valence-electron chi connectivity index (χ2n) is 4.09. The fourth-order valence-electron chi connectivity index (χ4n) is 1.70. The normalized spacial score (nSPS) is 12.6. The van der Waals surface area contributed by atoms with Crippen LogP contribution in [0.4, 0.5) is 0 Å². The Kier molecular flexibility index (Phi) is 4.90. The molecule has 0 saturated carbocycles. The van der Waals surface area contributed by atoms with E-state index in [1.165, 1.54) is 0 Å². The molecule has 0 aliphatic rings. The van der Waals surface area contributed by atoms with Gasteiger partial charge in [0.1, 0.15) is 11.1 Å². The average Bonchev–Trinajstić information content (AvgIpc) is 2.83. The molecule has 0 saturated heterocycles. The van der Waals surface area contributed by atoms with E-state index >= 15 is 0 Å². The number of rotatable bonds is 5. The molecule has 2 aromatic rings. The summed E-state index contributed by atoms with van der Waals surface area (Å²) < 4.78 is 8.02. The van der Waals surface area contributed by atoms with Crippen LogP contribution in [0, 0.1) is 0 Å². The largest absolute Gasteiger partial charge is 0.372 e. The van der Waals surface area contributed by atoms with Gasteiger partial charge in [0.2, 0.25) is 0 Å². The molecule has 2 rings (SSSR count). The molecule has 0 radical (unpaired) electrons. The van der Waals surface area contributed by atoms with Gasteiger partial charge in [-0.05, 0) is 35.8 Å². The highest BCUT2D eigenvalue weighted by molar-refractivity contribution is 9.10. The van der Waals surface area contributed by atoms with Crippen molar-refractivity contribution in [2.24, 2.45) is 0 Å². The lowest BCUT2D eigenvalue weighted by atomic mass is 10.4. The average molecular weight is 343 g/mol. The smallest absolute Gasteiger partial charge is 0.250 e. The Morgan fingerprint density at radius 3 is 3.05 bits per heavy atom. The zero-order valence-corrected chi connectivity index (χ0v) is 13.2. The van der Waals surface area contributed by atoms with Crippen LogP contribution in [0.15, 0.2) is 33.0 Å². The van der Waals surface area contributed by atoms with Gasteiger partial charge in [0.25, 0.3) is 5.56 Å². The molecule has 0 aromatic carbocycles. The van der Waals surface area contributed by atoms with Gasteiger partial charge in [0.05, 0.1) is 12.2 Å². The van der Waals surface area contributed by atoms with Crippen LogP contribution in [0.3, 0.4) is 0 Å². The van der Waals surface area contributed by atoms with Gasteiger partial charge in [-0.3, -0.25) is 4.79 Å². The molecular formula is C13H15BrN2O2S. The molecule has 102 valence electrons. The fourth-order valence-corrected chi connectivity index (χ4v) is 2.90. The summed E-state index contributed by atoms with van der Waals surface area (Å²) >= 11 is 4.92. The Bertz CT molecular complexity index is 609. The lowest BCUT2D eigenvalue weighted by molar-refractivity contribution is 0.0761. The van der Waals surface area contributed by atoms with E-state index in [0.717, 1.165) is 15.2 Å². The molecule has 0 N–H and O–H groups in total. The number of halogens is 1. The zero-order valence-electron chi connectivity index (χ0n) is 10.8. The molecule has 0 spiro atoms. The van der Waals surface area contributed by atoms with Crippen molar-refractivity contribution in [3.63, 3.8) is 0 Å². The van der Waals surface area contributed by atoms with Crippen LogP contribution in [-0.4, -0.2) is 16.2 Å². The number of thiazole rings is 1. The van der Waals surface area contributed by atoms with Crippen molar-refractivity contribution < 1.29 is 4.74 Å². The fraction of sp³-hybridized carbons (Fsp3) is 0.385. The summed E-state index contributed by atoms with van der Waals surface area (Å²) in [6, 6.07) is 3.28. The van der Waals surface area contributed by atoms with Crippen LogP contribution in [0.1, 0.15) is 30.7 Å². The SMILES string of the molecule is CCO[C@H](C)c1nc(Cn2cc(Br)ccc2=O)cs1. The Labute approximate surface area is 124 Å². The lowest BCUT2D eigenvalue weighted by Gasteiger charge is -2.07. The Morgan fingerprint density at radius 2 is 2.32 bits per heavy atom. The number of aromatic nitrogens is 2. The van der Waals surface area contributed by atoms with E-state index in [4.69, 9.17) is 4.74 Å². The molecule has 0 aliphatic heterocycles. The molecule has 0 unspecified atom stereocenters. The van der Waals surface area contributed by atoms with E-state index in [2.05, 4.69) is 20.9 Å². The van der Waals surface area contributed by atoms with Gasteiger partial charge >= 0.3 is 0 Å². The van der Waals surface area contributed by atoms with Crippen molar-refractivity contribution in [2.75, 3.05) is 6.61 Å². The van der Waals surface area contributed by atoms with Crippen molar-refractivity contribution in [2.45, 2.75) is 26.5 Å². The standard InChI is InChI=1S/C13H15BrN2O2S/c1-3-18-9(2)13-15-11(8-19-13)7-16-6-10(14)4-5-12(16)17/h4-6,8-9H,3,7H2,1-2H3/t9-/m1/s1. The van der Waals surface area contributed by atoms with Crippen molar-refractivity contribution >= 4 is 27.3 Å². The van der Waals surface area contributed by atoms with E-state index in [-0.39, 0.29) is 11.7 Å². The van der Waals surface area contributed by atoms with E-state index in [1.807, 2.05) is 19.2 Å². The van der Waals surface area contributed by atoms with Crippen LogP contribution in [0.2, 0.25) is 0 Å². The van der Waals surface area contributed by atoms with E-state index in [9.17, 15) is 4.79 Å². The summed E-state index contributed by atoms with van der Waals surface area (Å²) in [7, 11) is 0.